The first kappa shape index (κ1) is 13.0. The molecule has 0 spiro atoms. The second-order valence-corrected chi connectivity index (χ2v) is 4.75. The Bertz CT molecular complexity index is 839. The van der Waals surface area contributed by atoms with Crippen molar-refractivity contribution in [2.24, 2.45) is 0 Å². The number of hydrogen-bond donors (Lipinski definition) is 3. The molecule has 3 aromatic rings. The van der Waals surface area contributed by atoms with Crippen molar-refractivity contribution in [1.82, 2.24) is 20.2 Å². The molecular formula is C14H14N6O. The van der Waals surface area contributed by atoms with Crippen LogP contribution in [-0.4, -0.2) is 26.1 Å². The fourth-order valence-electron chi connectivity index (χ4n) is 1.98. The van der Waals surface area contributed by atoms with E-state index in [4.69, 9.17) is 5.73 Å². The lowest BCUT2D eigenvalue weighted by molar-refractivity contribution is 0.102. The number of aromatic nitrogens is 4. The number of benzene rings is 1. The van der Waals surface area contributed by atoms with E-state index in [1.54, 1.807) is 19.1 Å². The van der Waals surface area contributed by atoms with Gasteiger partial charge in [-0.2, -0.15) is 5.10 Å². The number of nitrogen functional groups attached to an aromatic ring is 1. The molecule has 21 heavy (non-hydrogen) atoms. The summed E-state index contributed by atoms with van der Waals surface area (Å²) in [6.07, 6.45) is 0. The molecule has 1 aromatic carbocycles. The Morgan fingerprint density at radius 3 is 2.76 bits per heavy atom. The lowest BCUT2D eigenvalue weighted by Gasteiger charge is -2.03. The highest BCUT2D eigenvalue weighted by molar-refractivity contribution is 6.06. The molecule has 1 amide bonds. The van der Waals surface area contributed by atoms with Gasteiger partial charge in [-0.3, -0.25) is 10.1 Å². The van der Waals surface area contributed by atoms with Gasteiger partial charge in [0.15, 0.2) is 0 Å². The summed E-state index contributed by atoms with van der Waals surface area (Å²) in [7, 11) is 0. The van der Waals surface area contributed by atoms with Gasteiger partial charge < -0.3 is 10.7 Å². The number of nitrogens with one attached hydrogen (secondary N) is 2. The highest BCUT2D eigenvalue weighted by Crippen LogP contribution is 2.21. The smallest absolute Gasteiger partial charge is 0.274 e. The summed E-state index contributed by atoms with van der Waals surface area (Å²) in [5, 5.41) is 11.3. The number of fused-ring (bicyclic) bond motifs is 1. The highest BCUT2D eigenvalue weighted by Gasteiger charge is 2.13. The Morgan fingerprint density at radius 2 is 2.05 bits per heavy atom. The number of nitrogens with zero attached hydrogens (tertiary/aromatic N) is 3. The van der Waals surface area contributed by atoms with Crippen LogP contribution in [0, 0.1) is 13.8 Å². The zero-order valence-electron chi connectivity index (χ0n) is 11.6. The summed E-state index contributed by atoms with van der Waals surface area (Å²) in [5.41, 5.74) is 9.04. The van der Waals surface area contributed by atoms with Crippen LogP contribution < -0.4 is 11.1 Å². The SMILES string of the molecule is Cc1nnc(NC(=O)c2cc3cccc(N)c3[nH]2)nc1C. The topological polar surface area (TPSA) is 110 Å². The maximum atomic E-state index is 12.2. The van der Waals surface area contributed by atoms with Crippen LogP contribution in [0.2, 0.25) is 0 Å². The molecule has 0 unspecified atom stereocenters. The van der Waals surface area contributed by atoms with Crippen LogP contribution in [0.25, 0.3) is 10.9 Å². The molecule has 0 saturated heterocycles. The highest BCUT2D eigenvalue weighted by atomic mass is 16.2. The normalized spacial score (nSPS) is 10.8. The van der Waals surface area contributed by atoms with Crippen LogP contribution >= 0.6 is 0 Å². The van der Waals surface area contributed by atoms with Crippen LogP contribution in [0.5, 0.6) is 0 Å². The van der Waals surface area contributed by atoms with E-state index >= 15 is 0 Å². The zero-order valence-corrected chi connectivity index (χ0v) is 11.6. The number of carbonyl (C=O) groups is 1. The fraction of sp³-hybridized carbons (Fsp3) is 0.143. The van der Waals surface area contributed by atoms with Crippen LogP contribution in [0.15, 0.2) is 24.3 Å². The van der Waals surface area contributed by atoms with Crippen molar-refractivity contribution in [3.63, 3.8) is 0 Å². The minimum absolute atomic E-state index is 0.176. The van der Waals surface area contributed by atoms with E-state index in [9.17, 15) is 4.79 Å². The largest absolute Gasteiger partial charge is 0.397 e. The Balaban J connectivity index is 1.90. The summed E-state index contributed by atoms with van der Waals surface area (Å²) in [6, 6.07) is 7.23. The van der Waals surface area contributed by atoms with Crippen LogP contribution in [0.4, 0.5) is 11.6 Å². The van der Waals surface area contributed by atoms with Gasteiger partial charge in [-0.15, -0.1) is 5.10 Å². The Labute approximate surface area is 120 Å². The predicted molar refractivity (Wildman–Crippen MR) is 80.0 cm³/mol. The number of amides is 1. The van der Waals surface area contributed by atoms with Crippen LogP contribution in [0.3, 0.4) is 0 Å². The molecule has 0 saturated carbocycles. The lowest BCUT2D eigenvalue weighted by Crippen LogP contribution is -2.15. The summed E-state index contributed by atoms with van der Waals surface area (Å²) < 4.78 is 0. The molecule has 0 atom stereocenters. The van der Waals surface area contributed by atoms with E-state index in [-0.39, 0.29) is 11.9 Å². The van der Waals surface area contributed by atoms with Gasteiger partial charge in [-0.05, 0) is 26.0 Å². The molecular weight excluding hydrogens is 268 g/mol. The minimum Gasteiger partial charge on any atom is -0.397 e. The summed E-state index contributed by atoms with van der Waals surface area (Å²) >= 11 is 0. The zero-order chi connectivity index (χ0) is 15.0. The number of nitrogens with two attached hydrogens (primary N) is 1. The molecule has 0 radical (unpaired) electrons. The molecule has 0 aliphatic heterocycles. The van der Waals surface area contributed by atoms with Crippen molar-refractivity contribution in [1.29, 1.82) is 0 Å². The van der Waals surface area contributed by atoms with Crippen LogP contribution in [-0.2, 0) is 0 Å². The molecule has 0 bridgehead atoms. The summed E-state index contributed by atoms with van der Waals surface area (Å²) in [4.78, 5) is 19.4. The molecule has 0 fully saturated rings. The minimum atomic E-state index is -0.337. The number of anilines is 2. The number of aryl methyl sites for hydroxylation is 2. The van der Waals surface area contributed by atoms with Gasteiger partial charge in [0.25, 0.3) is 5.91 Å². The first-order valence-electron chi connectivity index (χ1n) is 6.41. The third-order valence-corrected chi connectivity index (χ3v) is 3.25. The monoisotopic (exact) mass is 282 g/mol. The van der Waals surface area contributed by atoms with Crippen molar-refractivity contribution in [3.05, 3.63) is 41.3 Å². The molecule has 3 rings (SSSR count). The van der Waals surface area contributed by atoms with E-state index in [1.165, 1.54) is 0 Å². The van der Waals surface area contributed by atoms with E-state index in [0.29, 0.717) is 11.4 Å². The van der Waals surface area contributed by atoms with Crippen molar-refractivity contribution in [3.8, 4) is 0 Å². The Hall–Kier alpha value is -2.96. The standard InChI is InChI=1S/C14H14N6O/c1-7-8(2)19-20-14(16-7)18-13(21)11-6-9-4-3-5-10(15)12(9)17-11/h3-6,17H,15H2,1-2H3,(H,16,18,20,21). The van der Waals surface area contributed by atoms with Gasteiger partial charge in [0.1, 0.15) is 5.69 Å². The van der Waals surface area contributed by atoms with Crippen molar-refractivity contribution >= 4 is 28.4 Å². The van der Waals surface area contributed by atoms with Crippen molar-refractivity contribution in [2.75, 3.05) is 11.1 Å². The average molecular weight is 282 g/mol. The maximum absolute atomic E-state index is 12.2. The van der Waals surface area contributed by atoms with E-state index in [2.05, 4.69) is 25.5 Å². The quantitative estimate of drug-likeness (QED) is 0.621. The fourth-order valence-corrected chi connectivity index (χ4v) is 1.98. The molecule has 2 aromatic heterocycles. The maximum Gasteiger partial charge on any atom is 0.274 e. The summed E-state index contributed by atoms with van der Waals surface area (Å²) in [6.45, 7) is 3.62. The molecule has 7 heteroatoms. The van der Waals surface area contributed by atoms with E-state index in [0.717, 1.165) is 22.3 Å². The van der Waals surface area contributed by atoms with Gasteiger partial charge in [0.2, 0.25) is 5.95 Å². The lowest BCUT2D eigenvalue weighted by atomic mass is 10.2. The molecule has 0 aliphatic carbocycles. The number of hydrogen-bond acceptors (Lipinski definition) is 5. The van der Waals surface area contributed by atoms with Crippen molar-refractivity contribution < 1.29 is 4.79 Å². The van der Waals surface area contributed by atoms with Gasteiger partial charge in [0.05, 0.1) is 22.6 Å². The predicted octanol–water partition coefficient (Wildman–Crippen LogP) is 1.80. The van der Waals surface area contributed by atoms with E-state index in [1.807, 2.05) is 19.1 Å². The average Bonchev–Trinajstić information content (AvgIpc) is 2.89. The molecule has 0 aliphatic rings. The van der Waals surface area contributed by atoms with Gasteiger partial charge >= 0.3 is 0 Å². The first-order valence-corrected chi connectivity index (χ1v) is 6.41. The Morgan fingerprint density at radius 1 is 1.24 bits per heavy atom. The molecule has 7 nitrogen and oxygen atoms in total. The summed E-state index contributed by atoms with van der Waals surface area (Å²) in [5.74, 6) is -0.162. The number of para-hydroxylation sites is 1. The number of carbonyl (C=O) groups excluding carboxylic acids is 1. The Kier molecular flexibility index (Phi) is 3.02. The molecule has 106 valence electrons. The van der Waals surface area contributed by atoms with Crippen LogP contribution in [0.1, 0.15) is 21.9 Å². The first-order chi connectivity index (χ1) is 10.0. The third kappa shape index (κ3) is 2.40. The number of aromatic amines is 1. The van der Waals surface area contributed by atoms with E-state index < -0.39 is 0 Å². The van der Waals surface area contributed by atoms with Gasteiger partial charge in [0, 0.05) is 5.39 Å². The second kappa shape index (κ2) is 4.86. The third-order valence-electron chi connectivity index (χ3n) is 3.25. The number of rotatable bonds is 2. The molecule has 2 heterocycles. The molecule has 4 N–H and O–H groups in total. The van der Waals surface area contributed by atoms with Crippen molar-refractivity contribution in [2.45, 2.75) is 13.8 Å². The van der Waals surface area contributed by atoms with Gasteiger partial charge in [-0.1, -0.05) is 12.1 Å². The van der Waals surface area contributed by atoms with Gasteiger partial charge in [-0.25, -0.2) is 4.98 Å². The second-order valence-electron chi connectivity index (χ2n) is 4.75. The number of H-pyrrole nitrogens is 1.